The van der Waals surface area contributed by atoms with E-state index in [2.05, 4.69) is 59.0 Å². The summed E-state index contributed by atoms with van der Waals surface area (Å²) in [6.45, 7) is 1.03. The maximum Gasteiger partial charge on any atom is 0.114 e. The maximum absolute atomic E-state index is 3.59. The second-order valence-electron chi connectivity index (χ2n) is 4.13. The Morgan fingerprint density at radius 2 is 2.06 bits per heavy atom. The summed E-state index contributed by atoms with van der Waals surface area (Å²) < 4.78 is 0. The molecule has 0 bridgehead atoms. The number of benzene rings is 1. The molecule has 1 aliphatic heterocycles. The summed E-state index contributed by atoms with van der Waals surface area (Å²) in [6.07, 6.45) is 0. The van der Waals surface area contributed by atoms with E-state index in [0.29, 0.717) is 6.04 Å². The van der Waals surface area contributed by atoms with Gasteiger partial charge in [0.25, 0.3) is 0 Å². The van der Waals surface area contributed by atoms with Crippen molar-refractivity contribution in [3.63, 3.8) is 0 Å². The molecule has 0 saturated heterocycles. The zero-order valence-electron chi connectivity index (χ0n) is 9.18. The molecule has 0 fully saturated rings. The van der Waals surface area contributed by atoms with E-state index < -0.39 is 0 Å². The van der Waals surface area contributed by atoms with Crippen LogP contribution in [0.25, 0.3) is 0 Å². The fourth-order valence-electron chi connectivity index (χ4n) is 2.17. The average Bonchev–Trinajstić information content (AvgIpc) is 2.79. The summed E-state index contributed by atoms with van der Waals surface area (Å²) in [5.41, 5.74) is 2.61. The molecule has 2 nitrogen and oxygen atoms in total. The highest BCUT2D eigenvalue weighted by molar-refractivity contribution is 7.14. The molecule has 0 radical (unpaired) electrons. The summed E-state index contributed by atoms with van der Waals surface area (Å²) in [4.78, 5) is 2.33. The number of fused-ring (bicyclic) bond motifs is 1. The molecular formula is C13H14N2S. The van der Waals surface area contributed by atoms with Gasteiger partial charge in [-0.2, -0.15) is 0 Å². The Balaban J connectivity index is 1.92. The number of likely N-dealkylation sites (N-methyl/N-ethyl adjacent to an activating group) is 1. The molecule has 1 aliphatic rings. The number of rotatable bonds is 1. The number of anilines is 2. The first kappa shape index (κ1) is 9.73. The molecule has 0 spiro atoms. The van der Waals surface area contributed by atoms with Crippen LogP contribution in [-0.2, 0) is 0 Å². The zero-order chi connectivity index (χ0) is 11.0. The normalized spacial score (nSPS) is 19.1. The Bertz CT molecular complexity index is 478. The van der Waals surface area contributed by atoms with Gasteiger partial charge < -0.3 is 10.2 Å². The SMILES string of the molecule is CN1CC(c2ccccc2)Nc2ccsc21. The Kier molecular flexibility index (Phi) is 2.33. The highest BCUT2D eigenvalue weighted by atomic mass is 32.1. The Hall–Kier alpha value is -1.48. The monoisotopic (exact) mass is 230 g/mol. The number of hydrogen-bond acceptors (Lipinski definition) is 3. The average molecular weight is 230 g/mol. The van der Waals surface area contributed by atoms with Crippen LogP contribution in [0.3, 0.4) is 0 Å². The molecule has 0 saturated carbocycles. The molecule has 1 aromatic carbocycles. The van der Waals surface area contributed by atoms with E-state index in [0.717, 1.165) is 6.54 Å². The van der Waals surface area contributed by atoms with Crippen molar-refractivity contribution in [1.82, 2.24) is 0 Å². The number of nitrogens with one attached hydrogen (secondary N) is 1. The van der Waals surface area contributed by atoms with Gasteiger partial charge in [0.15, 0.2) is 0 Å². The Morgan fingerprint density at radius 1 is 1.25 bits per heavy atom. The first-order valence-electron chi connectivity index (χ1n) is 5.45. The first-order valence-corrected chi connectivity index (χ1v) is 6.32. The predicted molar refractivity (Wildman–Crippen MR) is 70.4 cm³/mol. The fourth-order valence-corrected chi connectivity index (χ4v) is 3.01. The number of hydrogen-bond donors (Lipinski definition) is 1. The van der Waals surface area contributed by atoms with Crippen molar-refractivity contribution in [3.8, 4) is 0 Å². The molecule has 1 unspecified atom stereocenters. The van der Waals surface area contributed by atoms with Crippen LogP contribution in [0.5, 0.6) is 0 Å². The largest absolute Gasteiger partial charge is 0.374 e. The highest BCUT2D eigenvalue weighted by Gasteiger charge is 2.23. The van der Waals surface area contributed by atoms with E-state index >= 15 is 0 Å². The molecule has 0 aliphatic carbocycles. The fraction of sp³-hybridized carbons (Fsp3) is 0.231. The molecule has 1 atom stereocenters. The molecule has 0 amide bonds. The molecule has 2 heterocycles. The Labute approximate surface area is 99.5 Å². The lowest BCUT2D eigenvalue weighted by atomic mass is 10.0. The first-order chi connectivity index (χ1) is 7.84. The van der Waals surface area contributed by atoms with Gasteiger partial charge in [-0.15, -0.1) is 11.3 Å². The lowest BCUT2D eigenvalue weighted by molar-refractivity contribution is 0.731. The van der Waals surface area contributed by atoms with Gasteiger partial charge in [0.05, 0.1) is 11.7 Å². The molecule has 3 heteroatoms. The molecule has 1 aromatic heterocycles. The van der Waals surface area contributed by atoms with E-state index in [1.807, 2.05) is 0 Å². The van der Waals surface area contributed by atoms with Gasteiger partial charge in [-0.05, 0) is 17.0 Å². The molecule has 3 rings (SSSR count). The van der Waals surface area contributed by atoms with Crippen molar-refractivity contribution < 1.29 is 0 Å². The van der Waals surface area contributed by atoms with Crippen LogP contribution >= 0.6 is 11.3 Å². The molecular weight excluding hydrogens is 216 g/mol. The topological polar surface area (TPSA) is 15.3 Å². The molecule has 82 valence electrons. The van der Waals surface area contributed by atoms with Crippen molar-refractivity contribution in [2.24, 2.45) is 0 Å². The minimum Gasteiger partial charge on any atom is -0.374 e. The number of thiophene rings is 1. The zero-order valence-corrected chi connectivity index (χ0v) is 10.00. The van der Waals surface area contributed by atoms with Gasteiger partial charge >= 0.3 is 0 Å². The predicted octanol–water partition coefficient (Wildman–Crippen LogP) is 3.35. The third-order valence-corrected chi connectivity index (χ3v) is 4.01. The van der Waals surface area contributed by atoms with Crippen molar-refractivity contribution in [2.45, 2.75) is 6.04 Å². The third kappa shape index (κ3) is 1.57. The minimum atomic E-state index is 0.397. The van der Waals surface area contributed by atoms with Crippen molar-refractivity contribution in [1.29, 1.82) is 0 Å². The van der Waals surface area contributed by atoms with Crippen LogP contribution in [0.1, 0.15) is 11.6 Å². The van der Waals surface area contributed by atoms with E-state index in [9.17, 15) is 0 Å². The van der Waals surface area contributed by atoms with Crippen LogP contribution < -0.4 is 10.2 Å². The van der Waals surface area contributed by atoms with E-state index in [-0.39, 0.29) is 0 Å². The standard InChI is InChI=1S/C13H14N2S/c1-15-9-12(10-5-3-2-4-6-10)14-11-7-8-16-13(11)15/h2-8,12,14H,9H2,1H3. The third-order valence-electron chi connectivity index (χ3n) is 2.98. The lowest BCUT2D eigenvalue weighted by Gasteiger charge is -2.32. The summed E-state index contributed by atoms with van der Waals surface area (Å²) in [7, 11) is 2.16. The van der Waals surface area contributed by atoms with Gasteiger partial charge in [-0.25, -0.2) is 0 Å². The van der Waals surface area contributed by atoms with Crippen LogP contribution in [-0.4, -0.2) is 13.6 Å². The van der Waals surface area contributed by atoms with Crippen molar-refractivity contribution >= 4 is 22.0 Å². The summed E-state index contributed by atoms with van der Waals surface area (Å²) in [6, 6.07) is 13.2. The van der Waals surface area contributed by atoms with E-state index in [1.54, 1.807) is 11.3 Å². The minimum absolute atomic E-state index is 0.397. The maximum atomic E-state index is 3.59. The second-order valence-corrected chi connectivity index (χ2v) is 5.02. The van der Waals surface area contributed by atoms with Crippen LogP contribution in [0.15, 0.2) is 41.8 Å². The summed E-state index contributed by atoms with van der Waals surface area (Å²) in [5, 5.41) is 7.07. The van der Waals surface area contributed by atoms with Crippen LogP contribution in [0.2, 0.25) is 0 Å². The van der Waals surface area contributed by atoms with Crippen LogP contribution in [0.4, 0.5) is 10.7 Å². The second kappa shape index (κ2) is 3.83. The van der Waals surface area contributed by atoms with E-state index in [1.165, 1.54) is 16.3 Å². The van der Waals surface area contributed by atoms with E-state index in [4.69, 9.17) is 0 Å². The van der Waals surface area contributed by atoms with Crippen molar-refractivity contribution in [2.75, 3.05) is 23.8 Å². The molecule has 16 heavy (non-hydrogen) atoms. The molecule has 2 aromatic rings. The van der Waals surface area contributed by atoms with Crippen molar-refractivity contribution in [3.05, 3.63) is 47.3 Å². The number of nitrogens with zero attached hydrogens (tertiary/aromatic N) is 1. The summed E-state index contributed by atoms with van der Waals surface area (Å²) in [5.74, 6) is 0. The highest BCUT2D eigenvalue weighted by Crippen LogP contribution is 2.38. The smallest absolute Gasteiger partial charge is 0.114 e. The van der Waals surface area contributed by atoms with Gasteiger partial charge in [-0.1, -0.05) is 30.3 Å². The summed E-state index contributed by atoms with van der Waals surface area (Å²) >= 11 is 1.79. The van der Waals surface area contributed by atoms with Gasteiger partial charge in [-0.3, -0.25) is 0 Å². The van der Waals surface area contributed by atoms with Gasteiger partial charge in [0.2, 0.25) is 0 Å². The van der Waals surface area contributed by atoms with Gasteiger partial charge in [0, 0.05) is 13.6 Å². The quantitative estimate of drug-likeness (QED) is 0.808. The van der Waals surface area contributed by atoms with Crippen LogP contribution in [0, 0.1) is 0 Å². The van der Waals surface area contributed by atoms with Gasteiger partial charge in [0.1, 0.15) is 5.00 Å². The Morgan fingerprint density at radius 3 is 2.88 bits per heavy atom. The molecule has 1 N–H and O–H groups in total. The lowest BCUT2D eigenvalue weighted by Crippen LogP contribution is -2.32.